The van der Waals surface area contributed by atoms with E-state index in [4.69, 9.17) is 0 Å². The molecule has 0 saturated heterocycles. The molecule has 0 N–H and O–H groups in total. The van der Waals surface area contributed by atoms with Gasteiger partial charge >= 0.3 is 0 Å². The average molecular weight is 435 g/mol. The number of benzene rings is 1. The van der Waals surface area contributed by atoms with Crippen molar-refractivity contribution in [1.82, 2.24) is 65.0 Å². The lowest BCUT2D eigenvalue weighted by molar-refractivity contribution is 0.354. The maximum atomic E-state index is 13.1. The molecule has 4 heterocycles. The molecule has 0 spiro atoms. The van der Waals surface area contributed by atoms with Crippen LogP contribution in [0.25, 0.3) is 21.8 Å². The van der Waals surface area contributed by atoms with Gasteiger partial charge < -0.3 is 0 Å². The van der Waals surface area contributed by atoms with E-state index < -0.39 is 0 Å². The first-order valence-electron chi connectivity index (χ1n) is 9.73. The number of nitrogens with zero attached hydrogens (tertiary/aromatic N) is 13. The molecule has 1 aromatic carbocycles. The van der Waals surface area contributed by atoms with E-state index in [0.29, 0.717) is 34.9 Å². The standard InChI is InChI=1S/C17H17N13O2/c1-10(5-28-21-7-19-24-28)27-9-18-14-3-13-15(4-12(14)16(27)31)23-26-30(17(13)32)11(2)6-29-22-8-20-25-29/h3-4,7-11H,5-6H2,1-2H3/t10-,11-/m1/s1. The van der Waals surface area contributed by atoms with Crippen molar-refractivity contribution >= 4 is 21.8 Å². The molecule has 2 atom stereocenters. The highest BCUT2D eigenvalue weighted by atomic mass is 16.1. The van der Waals surface area contributed by atoms with E-state index in [9.17, 15) is 9.59 Å². The summed E-state index contributed by atoms with van der Waals surface area (Å²) in [5, 5.41) is 31.7. The summed E-state index contributed by atoms with van der Waals surface area (Å²) in [6, 6.07) is 2.47. The SMILES string of the molecule is C[C@H](Cn1ncnn1)n1cnc2cc3c(=O)n([C@H](C)Cn4ncnn4)nnc3cc2c1=O. The average Bonchev–Trinajstić information content (AvgIpc) is 3.48. The van der Waals surface area contributed by atoms with E-state index in [2.05, 4.69) is 46.1 Å². The van der Waals surface area contributed by atoms with E-state index >= 15 is 0 Å². The fourth-order valence-corrected chi connectivity index (χ4v) is 3.47. The Morgan fingerprint density at radius 3 is 2.09 bits per heavy atom. The molecule has 4 aromatic heterocycles. The Bertz CT molecular complexity index is 1390. The van der Waals surface area contributed by atoms with Crippen LogP contribution in [0.2, 0.25) is 0 Å². The van der Waals surface area contributed by atoms with E-state index in [1.54, 1.807) is 19.1 Å². The van der Waals surface area contributed by atoms with Crippen LogP contribution in [0, 0.1) is 0 Å². The third-order valence-corrected chi connectivity index (χ3v) is 5.12. The Kier molecular flexibility index (Phi) is 4.68. The third kappa shape index (κ3) is 3.38. The summed E-state index contributed by atoms with van der Waals surface area (Å²) in [5.74, 6) is 0. The second-order valence-electron chi connectivity index (χ2n) is 7.36. The summed E-state index contributed by atoms with van der Waals surface area (Å²) in [6.45, 7) is 4.30. The van der Waals surface area contributed by atoms with Gasteiger partial charge in [-0.25, -0.2) is 9.67 Å². The molecule has 0 saturated carbocycles. The van der Waals surface area contributed by atoms with Gasteiger partial charge in [-0.15, -0.1) is 25.5 Å². The van der Waals surface area contributed by atoms with Gasteiger partial charge in [-0.05, 0) is 36.4 Å². The molecule has 5 rings (SSSR count). The Morgan fingerprint density at radius 1 is 0.812 bits per heavy atom. The molecule has 15 nitrogen and oxygen atoms in total. The van der Waals surface area contributed by atoms with Crippen molar-refractivity contribution in [1.29, 1.82) is 0 Å². The third-order valence-electron chi connectivity index (χ3n) is 5.12. The highest BCUT2D eigenvalue weighted by Crippen LogP contribution is 2.16. The van der Waals surface area contributed by atoms with Crippen LogP contribution in [0.1, 0.15) is 25.9 Å². The molecular weight excluding hydrogens is 418 g/mol. The highest BCUT2D eigenvalue weighted by Gasteiger charge is 2.17. The molecule has 0 aliphatic rings. The first-order valence-corrected chi connectivity index (χ1v) is 9.73. The maximum absolute atomic E-state index is 13.1. The topological polar surface area (TPSA) is 170 Å². The molecule has 0 bridgehead atoms. The van der Waals surface area contributed by atoms with Gasteiger partial charge in [0, 0.05) is 0 Å². The van der Waals surface area contributed by atoms with Crippen LogP contribution in [0.4, 0.5) is 0 Å². The minimum absolute atomic E-state index is 0.263. The Hall–Kier alpha value is -4.43. The van der Waals surface area contributed by atoms with E-state index in [1.165, 1.54) is 37.8 Å². The highest BCUT2D eigenvalue weighted by molar-refractivity contribution is 5.93. The van der Waals surface area contributed by atoms with E-state index in [0.717, 1.165) is 0 Å². The van der Waals surface area contributed by atoms with Gasteiger partial charge in [-0.2, -0.15) is 9.59 Å². The van der Waals surface area contributed by atoms with Gasteiger partial charge in [0.25, 0.3) is 11.1 Å². The molecule has 0 aliphatic carbocycles. The van der Waals surface area contributed by atoms with Crippen LogP contribution in [0.5, 0.6) is 0 Å². The zero-order chi connectivity index (χ0) is 22.2. The van der Waals surface area contributed by atoms with Crippen LogP contribution in [-0.4, -0.2) is 65.0 Å². The predicted molar refractivity (Wildman–Crippen MR) is 108 cm³/mol. The fraction of sp³-hybridized carbons (Fsp3) is 0.353. The van der Waals surface area contributed by atoms with Gasteiger partial charge in [-0.3, -0.25) is 14.2 Å². The summed E-state index contributed by atoms with van der Waals surface area (Å²) < 4.78 is 2.74. The minimum atomic E-state index is -0.364. The van der Waals surface area contributed by atoms with Crippen LogP contribution in [0.3, 0.4) is 0 Å². The van der Waals surface area contributed by atoms with Crippen molar-refractivity contribution in [3.05, 3.63) is 51.8 Å². The van der Waals surface area contributed by atoms with E-state index in [-0.39, 0.29) is 23.2 Å². The van der Waals surface area contributed by atoms with Crippen LogP contribution >= 0.6 is 0 Å². The van der Waals surface area contributed by atoms with Gasteiger partial charge in [0.05, 0.1) is 47.8 Å². The Labute approximate surface area is 178 Å². The molecule has 32 heavy (non-hydrogen) atoms. The summed E-state index contributed by atoms with van der Waals surface area (Å²) in [4.78, 5) is 33.3. The van der Waals surface area contributed by atoms with E-state index in [1.807, 2.05) is 6.92 Å². The molecule has 0 aliphatic heterocycles. The number of fused-ring (bicyclic) bond motifs is 2. The Morgan fingerprint density at radius 2 is 1.44 bits per heavy atom. The van der Waals surface area contributed by atoms with Crippen LogP contribution in [0.15, 0.2) is 40.7 Å². The first kappa shape index (κ1) is 19.5. The normalized spacial score (nSPS) is 13.6. The lowest BCUT2D eigenvalue weighted by atomic mass is 10.1. The van der Waals surface area contributed by atoms with Crippen molar-refractivity contribution in [2.75, 3.05) is 0 Å². The molecule has 0 unspecified atom stereocenters. The number of aromatic nitrogens is 13. The van der Waals surface area contributed by atoms with Crippen molar-refractivity contribution in [2.24, 2.45) is 0 Å². The number of tetrazole rings is 2. The lowest BCUT2D eigenvalue weighted by Crippen LogP contribution is -2.30. The fourth-order valence-electron chi connectivity index (χ4n) is 3.47. The molecular formula is C17H17N13O2. The zero-order valence-corrected chi connectivity index (χ0v) is 17.1. The van der Waals surface area contributed by atoms with Gasteiger partial charge in [0.2, 0.25) is 0 Å². The summed E-state index contributed by atoms with van der Waals surface area (Å²) in [5.41, 5.74) is 0.0985. The lowest BCUT2D eigenvalue weighted by Gasteiger charge is -2.15. The zero-order valence-electron chi connectivity index (χ0n) is 17.1. The largest absolute Gasteiger partial charge is 0.294 e. The minimum Gasteiger partial charge on any atom is -0.294 e. The maximum Gasteiger partial charge on any atom is 0.277 e. The monoisotopic (exact) mass is 435 g/mol. The predicted octanol–water partition coefficient (Wildman–Crippen LogP) is -1.00. The molecule has 162 valence electrons. The van der Waals surface area contributed by atoms with Crippen molar-refractivity contribution in [2.45, 2.75) is 39.0 Å². The second-order valence-corrected chi connectivity index (χ2v) is 7.36. The van der Waals surface area contributed by atoms with Gasteiger partial charge in [0.1, 0.15) is 5.52 Å². The molecule has 0 radical (unpaired) electrons. The van der Waals surface area contributed by atoms with Crippen molar-refractivity contribution < 1.29 is 0 Å². The quantitative estimate of drug-likeness (QED) is 0.300. The molecule has 0 fully saturated rings. The molecule has 15 heteroatoms. The van der Waals surface area contributed by atoms with Crippen LogP contribution in [-0.2, 0) is 13.1 Å². The van der Waals surface area contributed by atoms with Crippen LogP contribution < -0.4 is 11.1 Å². The molecule has 0 amide bonds. The number of hydrogen-bond acceptors (Lipinski definition) is 11. The van der Waals surface area contributed by atoms with Crippen molar-refractivity contribution in [3.63, 3.8) is 0 Å². The smallest absolute Gasteiger partial charge is 0.277 e. The summed E-state index contributed by atoms with van der Waals surface area (Å²) in [7, 11) is 0. The summed E-state index contributed by atoms with van der Waals surface area (Å²) >= 11 is 0. The number of rotatable bonds is 6. The number of hydrogen-bond donors (Lipinski definition) is 0. The molecule has 5 aromatic rings. The second kappa shape index (κ2) is 7.68. The Balaban J connectivity index is 1.54. The van der Waals surface area contributed by atoms with Gasteiger partial charge in [-0.1, -0.05) is 5.21 Å². The first-order chi connectivity index (χ1) is 15.5. The van der Waals surface area contributed by atoms with Crippen molar-refractivity contribution in [3.8, 4) is 0 Å². The van der Waals surface area contributed by atoms with Gasteiger partial charge in [0.15, 0.2) is 12.7 Å². The summed E-state index contributed by atoms with van der Waals surface area (Å²) in [6.07, 6.45) is 4.09.